The molecule has 0 bridgehead atoms. The molecule has 1 rings (SSSR count). The summed E-state index contributed by atoms with van der Waals surface area (Å²) in [4.78, 5) is 4.23. The molecule has 0 radical (unpaired) electrons. The van der Waals surface area contributed by atoms with E-state index in [9.17, 15) is 8.42 Å². The molecule has 0 aromatic rings. The fraction of sp³-hybridized carbons (Fsp3) is 0.933. The van der Waals surface area contributed by atoms with E-state index < -0.39 is 10.0 Å². The number of hydrogen-bond acceptors (Lipinski definition) is 3. The van der Waals surface area contributed by atoms with Crippen LogP contribution in [0.25, 0.3) is 0 Å². The maximum Gasteiger partial charge on any atom is 0.211 e. The molecule has 0 aromatic carbocycles. The minimum absolute atomic E-state index is 0.128. The zero-order chi connectivity index (χ0) is 16.5. The zero-order valence-corrected chi connectivity index (χ0v) is 15.1. The van der Waals surface area contributed by atoms with Gasteiger partial charge in [0.2, 0.25) is 10.0 Å². The van der Waals surface area contributed by atoms with Gasteiger partial charge in [0, 0.05) is 26.7 Å². The lowest BCUT2D eigenvalue weighted by Crippen LogP contribution is -2.43. The summed E-state index contributed by atoms with van der Waals surface area (Å²) in [5, 5.41) is 6.66. The van der Waals surface area contributed by atoms with Crippen LogP contribution in [0.5, 0.6) is 0 Å². The van der Waals surface area contributed by atoms with Crippen LogP contribution in [0.15, 0.2) is 4.99 Å². The predicted octanol–water partition coefficient (Wildman–Crippen LogP) is 1.45. The molecule has 0 atom stereocenters. The molecule has 1 fully saturated rings. The molecule has 0 saturated heterocycles. The topological polar surface area (TPSA) is 82.6 Å². The second-order valence-corrected chi connectivity index (χ2v) is 8.16. The molecule has 0 aromatic heterocycles. The smallest absolute Gasteiger partial charge is 0.211 e. The standard InChI is InChI=1S/C15H32N4O2S/c1-4-15(9-6-7-10-15)13-18-14(16-3)17-11-8-12-19-22(20,21)5-2/h19H,4-13H2,1-3H3,(H2,16,17,18). The molecule has 0 unspecified atom stereocenters. The van der Waals surface area contributed by atoms with Crippen molar-refractivity contribution in [3.8, 4) is 0 Å². The van der Waals surface area contributed by atoms with E-state index in [0.29, 0.717) is 18.5 Å². The molecule has 0 aliphatic heterocycles. The molecular formula is C15H32N4O2S. The zero-order valence-electron chi connectivity index (χ0n) is 14.2. The van der Waals surface area contributed by atoms with E-state index >= 15 is 0 Å². The van der Waals surface area contributed by atoms with Crippen LogP contribution in [0.2, 0.25) is 0 Å². The number of sulfonamides is 1. The summed E-state index contributed by atoms with van der Waals surface area (Å²) in [5.41, 5.74) is 0.425. The lowest BCUT2D eigenvalue weighted by Gasteiger charge is -2.28. The number of nitrogens with one attached hydrogen (secondary N) is 3. The number of hydrogen-bond donors (Lipinski definition) is 3. The second kappa shape index (κ2) is 9.35. The highest BCUT2D eigenvalue weighted by Gasteiger charge is 2.31. The van der Waals surface area contributed by atoms with Gasteiger partial charge in [0.15, 0.2) is 5.96 Å². The fourth-order valence-corrected chi connectivity index (χ4v) is 3.56. The van der Waals surface area contributed by atoms with Crippen molar-refractivity contribution in [3.63, 3.8) is 0 Å². The summed E-state index contributed by atoms with van der Waals surface area (Å²) in [5.74, 6) is 0.932. The van der Waals surface area contributed by atoms with Gasteiger partial charge in [-0.1, -0.05) is 19.8 Å². The molecule has 130 valence electrons. The van der Waals surface area contributed by atoms with Crippen LogP contribution < -0.4 is 15.4 Å². The summed E-state index contributed by atoms with van der Waals surface area (Å²) in [6.45, 7) is 6.03. The minimum Gasteiger partial charge on any atom is -0.356 e. The normalized spacial score (nSPS) is 18.4. The summed E-state index contributed by atoms with van der Waals surface area (Å²) in [7, 11) is -1.32. The Morgan fingerprint density at radius 2 is 1.82 bits per heavy atom. The van der Waals surface area contributed by atoms with Crippen LogP contribution in [0.3, 0.4) is 0 Å². The highest BCUT2D eigenvalue weighted by Crippen LogP contribution is 2.40. The average Bonchev–Trinajstić information content (AvgIpc) is 2.99. The third kappa shape index (κ3) is 6.52. The molecule has 6 nitrogen and oxygen atoms in total. The van der Waals surface area contributed by atoms with E-state index in [2.05, 4.69) is 27.3 Å². The lowest BCUT2D eigenvalue weighted by atomic mass is 9.83. The molecular weight excluding hydrogens is 300 g/mol. The van der Waals surface area contributed by atoms with Crippen LogP contribution in [-0.4, -0.2) is 46.8 Å². The molecule has 0 spiro atoms. The summed E-state index contributed by atoms with van der Waals surface area (Å²) in [6, 6.07) is 0. The van der Waals surface area contributed by atoms with Crippen LogP contribution in [0, 0.1) is 5.41 Å². The van der Waals surface area contributed by atoms with Crippen LogP contribution in [-0.2, 0) is 10.0 Å². The summed E-state index contributed by atoms with van der Waals surface area (Å²) >= 11 is 0. The molecule has 7 heteroatoms. The molecule has 22 heavy (non-hydrogen) atoms. The SMILES string of the molecule is CCC1(CNC(=NC)NCCCNS(=O)(=O)CC)CCCC1. The quantitative estimate of drug-likeness (QED) is 0.339. The fourth-order valence-electron chi connectivity index (χ4n) is 2.90. The molecule has 1 saturated carbocycles. The Bertz CT molecular complexity index is 442. The Hall–Kier alpha value is -0.820. The Labute approximate surface area is 135 Å². The van der Waals surface area contributed by atoms with Gasteiger partial charge in [0.05, 0.1) is 5.75 Å². The molecule has 1 aliphatic rings. The average molecular weight is 333 g/mol. The van der Waals surface area contributed by atoms with Gasteiger partial charge < -0.3 is 10.6 Å². The third-order valence-corrected chi connectivity index (χ3v) is 6.02. The molecule has 1 aliphatic carbocycles. The number of rotatable bonds is 9. The van der Waals surface area contributed by atoms with E-state index in [1.54, 1.807) is 14.0 Å². The monoisotopic (exact) mass is 332 g/mol. The summed E-state index contributed by atoms with van der Waals surface area (Å²) in [6.07, 6.45) is 7.20. The molecule has 0 heterocycles. The van der Waals surface area contributed by atoms with Gasteiger partial charge >= 0.3 is 0 Å². The highest BCUT2D eigenvalue weighted by atomic mass is 32.2. The Balaban J connectivity index is 2.23. The van der Waals surface area contributed by atoms with Crippen molar-refractivity contribution < 1.29 is 8.42 Å². The van der Waals surface area contributed by atoms with Gasteiger partial charge in [0.1, 0.15) is 0 Å². The van der Waals surface area contributed by atoms with E-state index in [0.717, 1.165) is 18.9 Å². The van der Waals surface area contributed by atoms with Crippen molar-refractivity contribution in [2.45, 2.75) is 52.4 Å². The van der Waals surface area contributed by atoms with Crippen molar-refractivity contribution in [3.05, 3.63) is 0 Å². The number of aliphatic imine (C=N–C) groups is 1. The number of nitrogens with zero attached hydrogens (tertiary/aromatic N) is 1. The van der Waals surface area contributed by atoms with Gasteiger partial charge in [-0.3, -0.25) is 4.99 Å². The number of guanidine groups is 1. The van der Waals surface area contributed by atoms with Gasteiger partial charge in [-0.2, -0.15) is 0 Å². The van der Waals surface area contributed by atoms with Crippen molar-refractivity contribution in [2.75, 3.05) is 32.4 Å². The van der Waals surface area contributed by atoms with Crippen LogP contribution in [0.1, 0.15) is 52.4 Å². The summed E-state index contributed by atoms with van der Waals surface area (Å²) < 4.78 is 25.2. The second-order valence-electron chi connectivity index (χ2n) is 6.06. The maximum atomic E-state index is 11.3. The Kier molecular flexibility index (Phi) is 8.17. The minimum atomic E-state index is -3.08. The first kappa shape index (κ1) is 19.2. The first-order chi connectivity index (χ1) is 10.5. The largest absolute Gasteiger partial charge is 0.356 e. The van der Waals surface area contributed by atoms with Crippen molar-refractivity contribution in [1.29, 1.82) is 0 Å². The van der Waals surface area contributed by atoms with Gasteiger partial charge in [-0.15, -0.1) is 0 Å². The van der Waals surface area contributed by atoms with Crippen molar-refractivity contribution >= 4 is 16.0 Å². The van der Waals surface area contributed by atoms with Crippen molar-refractivity contribution in [1.82, 2.24) is 15.4 Å². The molecule has 3 N–H and O–H groups in total. The highest BCUT2D eigenvalue weighted by molar-refractivity contribution is 7.89. The third-order valence-electron chi connectivity index (χ3n) is 4.62. The van der Waals surface area contributed by atoms with E-state index in [1.807, 2.05) is 0 Å². The predicted molar refractivity (Wildman–Crippen MR) is 92.6 cm³/mol. The van der Waals surface area contributed by atoms with Gasteiger partial charge in [0.25, 0.3) is 0 Å². The van der Waals surface area contributed by atoms with Crippen LogP contribution >= 0.6 is 0 Å². The first-order valence-corrected chi connectivity index (χ1v) is 10.0. The van der Waals surface area contributed by atoms with Crippen LogP contribution in [0.4, 0.5) is 0 Å². The van der Waals surface area contributed by atoms with Gasteiger partial charge in [-0.05, 0) is 38.0 Å². The first-order valence-electron chi connectivity index (χ1n) is 8.39. The Morgan fingerprint density at radius 1 is 1.14 bits per heavy atom. The van der Waals surface area contributed by atoms with Gasteiger partial charge in [-0.25, -0.2) is 13.1 Å². The molecule has 0 amide bonds. The van der Waals surface area contributed by atoms with E-state index in [-0.39, 0.29) is 5.75 Å². The van der Waals surface area contributed by atoms with Crippen molar-refractivity contribution in [2.24, 2.45) is 10.4 Å². The lowest BCUT2D eigenvalue weighted by molar-refractivity contribution is 0.283. The maximum absolute atomic E-state index is 11.3. The van der Waals surface area contributed by atoms with E-state index in [1.165, 1.54) is 32.1 Å². The Morgan fingerprint density at radius 3 is 2.36 bits per heavy atom. The van der Waals surface area contributed by atoms with E-state index in [4.69, 9.17) is 0 Å².